The standard InChI is InChI=1S/C23H18BrN3O5S/c1-2-6-13-9-10-14(23(29)30)19(24)17(13)16-11-15(12-7-4-3-5-8-12)20(25)18(22(26)28)21(16)33(27,31)32/h1,3-5,7-11H,6,25H2,(H2,26,28)(H,29,30)(H2,27,31,32). The summed E-state index contributed by atoms with van der Waals surface area (Å²) in [6.07, 6.45) is 5.52. The predicted octanol–water partition coefficient (Wildman–Crippen LogP) is 2.99. The van der Waals surface area contributed by atoms with Gasteiger partial charge in [0.2, 0.25) is 10.0 Å². The Labute approximate surface area is 198 Å². The molecule has 0 fully saturated rings. The number of anilines is 1. The van der Waals surface area contributed by atoms with Crippen LogP contribution in [0, 0.1) is 12.3 Å². The first-order valence-electron chi connectivity index (χ1n) is 9.32. The second-order valence-electron chi connectivity index (χ2n) is 7.01. The lowest BCUT2D eigenvalue weighted by Gasteiger charge is -2.21. The molecule has 8 nitrogen and oxygen atoms in total. The van der Waals surface area contributed by atoms with Gasteiger partial charge in [0.05, 0.1) is 16.8 Å². The summed E-state index contributed by atoms with van der Waals surface area (Å²) in [6.45, 7) is 0. The Kier molecular flexibility index (Phi) is 6.60. The summed E-state index contributed by atoms with van der Waals surface area (Å²) in [6, 6.07) is 12.9. The number of benzene rings is 3. The highest BCUT2D eigenvalue weighted by Gasteiger charge is 2.30. The number of primary sulfonamides is 1. The maximum absolute atomic E-state index is 12.7. The molecule has 33 heavy (non-hydrogen) atoms. The van der Waals surface area contributed by atoms with Crippen molar-refractivity contribution in [2.75, 3.05) is 5.73 Å². The van der Waals surface area contributed by atoms with Crippen molar-refractivity contribution in [2.24, 2.45) is 10.9 Å². The molecule has 0 heterocycles. The summed E-state index contributed by atoms with van der Waals surface area (Å²) in [4.78, 5) is 23.6. The highest BCUT2D eigenvalue weighted by atomic mass is 79.9. The van der Waals surface area contributed by atoms with Gasteiger partial charge < -0.3 is 16.6 Å². The third-order valence-corrected chi connectivity index (χ3v) is 6.77. The fourth-order valence-corrected chi connectivity index (χ4v) is 5.32. The first-order valence-corrected chi connectivity index (χ1v) is 11.7. The van der Waals surface area contributed by atoms with Crippen LogP contribution in [0.2, 0.25) is 0 Å². The van der Waals surface area contributed by atoms with Crippen LogP contribution >= 0.6 is 15.9 Å². The first kappa shape index (κ1) is 24.0. The number of terminal acetylenes is 1. The zero-order valence-electron chi connectivity index (χ0n) is 17.0. The zero-order chi connectivity index (χ0) is 24.5. The Bertz CT molecular complexity index is 1450. The van der Waals surface area contributed by atoms with E-state index in [4.69, 9.17) is 23.0 Å². The van der Waals surface area contributed by atoms with E-state index in [1.165, 1.54) is 18.2 Å². The Morgan fingerprint density at radius 2 is 1.73 bits per heavy atom. The summed E-state index contributed by atoms with van der Waals surface area (Å²) in [5, 5.41) is 15.1. The van der Waals surface area contributed by atoms with Crippen molar-refractivity contribution in [1.29, 1.82) is 0 Å². The van der Waals surface area contributed by atoms with Crippen molar-refractivity contribution >= 4 is 43.5 Å². The molecule has 0 saturated heterocycles. The minimum Gasteiger partial charge on any atom is -0.478 e. The number of nitrogens with two attached hydrogens (primary N) is 3. The third kappa shape index (κ3) is 4.47. The second kappa shape index (κ2) is 9.07. The molecule has 0 aromatic heterocycles. The number of sulfonamides is 1. The number of halogens is 1. The summed E-state index contributed by atoms with van der Waals surface area (Å²) in [5.74, 6) is 0.0839. The van der Waals surface area contributed by atoms with E-state index in [0.717, 1.165) is 0 Å². The highest BCUT2D eigenvalue weighted by molar-refractivity contribution is 9.10. The topological polar surface area (TPSA) is 167 Å². The molecule has 0 radical (unpaired) electrons. The van der Waals surface area contributed by atoms with E-state index in [1.807, 2.05) is 0 Å². The van der Waals surface area contributed by atoms with E-state index in [1.54, 1.807) is 30.3 Å². The van der Waals surface area contributed by atoms with Gasteiger partial charge in [0.25, 0.3) is 5.91 Å². The second-order valence-corrected chi connectivity index (χ2v) is 9.30. The van der Waals surface area contributed by atoms with Gasteiger partial charge in [-0.1, -0.05) is 36.4 Å². The van der Waals surface area contributed by atoms with Crippen LogP contribution in [-0.4, -0.2) is 25.4 Å². The molecule has 0 aliphatic heterocycles. The van der Waals surface area contributed by atoms with Crippen LogP contribution in [0.25, 0.3) is 22.3 Å². The van der Waals surface area contributed by atoms with Gasteiger partial charge in [-0.15, -0.1) is 12.3 Å². The molecular weight excluding hydrogens is 510 g/mol. The van der Waals surface area contributed by atoms with E-state index < -0.39 is 32.4 Å². The van der Waals surface area contributed by atoms with Crippen LogP contribution in [0.4, 0.5) is 5.69 Å². The number of carboxylic acids is 1. The lowest BCUT2D eigenvalue weighted by atomic mass is 9.90. The molecule has 0 aliphatic carbocycles. The van der Waals surface area contributed by atoms with Gasteiger partial charge >= 0.3 is 5.97 Å². The van der Waals surface area contributed by atoms with Gasteiger partial charge in [-0.3, -0.25) is 4.79 Å². The van der Waals surface area contributed by atoms with Crippen molar-refractivity contribution in [2.45, 2.75) is 11.3 Å². The average Bonchev–Trinajstić information content (AvgIpc) is 2.73. The summed E-state index contributed by atoms with van der Waals surface area (Å²) in [7, 11) is -4.56. The van der Waals surface area contributed by atoms with E-state index >= 15 is 0 Å². The van der Waals surface area contributed by atoms with Crippen molar-refractivity contribution in [3.05, 3.63) is 69.7 Å². The fraction of sp³-hybridized carbons (Fsp3) is 0.0435. The molecule has 0 saturated carbocycles. The number of hydrogen-bond donors (Lipinski definition) is 4. The summed E-state index contributed by atoms with van der Waals surface area (Å²) < 4.78 is 25.5. The molecule has 1 amide bonds. The summed E-state index contributed by atoms with van der Waals surface area (Å²) >= 11 is 3.27. The molecule has 0 spiro atoms. The molecular formula is C23H18BrN3O5S. The van der Waals surface area contributed by atoms with Crippen LogP contribution in [0.1, 0.15) is 26.3 Å². The van der Waals surface area contributed by atoms with Crippen molar-refractivity contribution < 1.29 is 23.1 Å². The molecule has 0 aliphatic rings. The van der Waals surface area contributed by atoms with Gasteiger partial charge in [0.15, 0.2) is 0 Å². The molecule has 7 N–H and O–H groups in total. The normalized spacial score (nSPS) is 11.1. The highest BCUT2D eigenvalue weighted by Crippen LogP contribution is 2.44. The molecule has 168 valence electrons. The number of hydrogen-bond acceptors (Lipinski definition) is 5. The SMILES string of the molecule is C#CCc1ccc(C(=O)O)c(Br)c1-c1cc(-c2ccccc2)c(N)c(C(N)=O)c1S(N)(=O)=O. The Hall–Kier alpha value is -3.65. The Morgan fingerprint density at radius 1 is 1.09 bits per heavy atom. The fourth-order valence-electron chi connectivity index (χ4n) is 3.59. The molecule has 3 aromatic rings. The van der Waals surface area contributed by atoms with Gasteiger partial charge in [-0.05, 0) is 39.2 Å². The quantitative estimate of drug-likeness (QED) is 0.284. The van der Waals surface area contributed by atoms with Crippen molar-refractivity contribution in [3.8, 4) is 34.6 Å². The molecule has 0 unspecified atom stereocenters. The number of nitrogen functional groups attached to an aromatic ring is 1. The van der Waals surface area contributed by atoms with E-state index in [9.17, 15) is 23.1 Å². The average molecular weight is 528 g/mol. The number of aromatic carboxylic acids is 1. The number of carboxylic acid groups (broad SMARTS) is 1. The molecule has 10 heteroatoms. The number of carbonyl (C=O) groups excluding carboxylic acids is 1. The van der Waals surface area contributed by atoms with Crippen molar-refractivity contribution in [3.63, 3.8) is 0 Å². The van der Waals surface area contributed by atoms with Crippen LogP contribution in [0.15, 0.2) is 57.9 Å². The Morgan fingerprint density at radius 3 is 2.24 bits per heavy atom. The summed E-state index contributed by atoms with van der Waals surface area (Å²) in [5.41, 5.74) is 12.3. The van der Waals surface area contributed by atoms with Gasteiger partial charge in [0.1, 0.15) is 4.90 Å². The smallest absolute Gasteiger partial charge is 0.336 e. The third-order valence-electron chi connectivity index (χ3n) is 4.96. The van der Waals surface area contributed by atoms with Crippen LogP contribution < -0.4 is 16.6 Å². The Balaban J connectivity index is 2.63. The largest absolute Gasteiger partial charge is 0.478 e. The molecule has 0 atom stereocenters. The van der Waals surface area contributed by atoms with Crippen LogP contribution in [-0.2, 0) is 16.4 Å². The zero-order valence-corrected chi connectivity index (χ0v) is 19.4. The van der Waals surface area contributed by atoms with Gasteiger partial charge in [-0.2, -0.15) is 0 Å². The minimum atomic E-state index is -4.56. The predicted molar refractivity (Wildman–Crippen MR) is 129 cm³/mol. The number of rotatable bonds is 6. The van der Waals surface area contributed by atoms with Gasteiger partial charge in [-0.25, -0.2) is 18.4 Å². The maximum Gasteiger partial charge on any atom is 0.336 e. The number of carbonyl (C=O) groups is 2. The maximum atomic E-state index is 12.7. The van der Waals surface area contributed by atoms with Crippen molar-refractivity contribution in [1.82, 2.24) is 0 Å². The number of amides is 1. The lowest BCUT2D eigenvalue weighted by molar-refractivity contribution is 0.0695. The molecule has 3 rings (SSSR count). The molecule has 0 bridgehead atoms. The number of primary amides is 1. The van der Waals surface area contributed by atoms with E-state index in [-0.39, 0.29) is 33.3 Å². The lowest BCUT2D eigenvalue weighted by Crippen LogP contribution is -2.24. The first-order chi connectivity index (χ1) is 15.5. The molecule has 3 aromatic carbocycles. The van der Waals surface area contributed by atoms with E-state index in [0.29, 0.717) is 16.7 Å². The van der Waals surface area contributed by atoms with E-state index in [2.05, 4.69) is 21.9 Å². The monoisotopic (exact) mass is 527 g/mol. The van der Waals surface area contributed by atoms with Crippen LogP contribution in [0.5, 0.6) is 0 Å². The minimum absolute atomic E-state index is 0.0366. The van der Waals surface area contributed by atoms with Gasteiger partial charge in [0, 0.05) is 27.6 Å². The van der Waals surface area contributed by atoms with Crippen LogP contribution in [0.3, 0.4) is 0 Å².